The number of hydrogen-bond donors (Lipinski definition) is 2. The van der Waals surface area contributed by atoms with Gasteiger partial charge in [-0.1, -0.05) is 18.2 Å². The molecule has 13 heteroatoms. The normalized spacial score (nSPS) is 11.8. The monoisotopic (exact) mass is 484 g/mol. The van der Waals surface area contributed by atoms with Crippen molar-refractivity contribution in [3.8, 4) is 0 Å². The molecule has 0 aliphatic heterocycles. The number of para-hydroxylation sites is 1. The number of rotatable bonds is 5. The van der Waals surface area contributed by atoms with Gasteiger partial charge in [0.15, 0.2) is 0 Å². The molecule has 0 aliphatic rings. The van der Waals surface area contributed by atoms with Crippen LogP contribution in [0.1, 0.15) is 11.5 Å². The van der Waals surface area contributed by atoms with E-state index in [0.717, 1.165) is 4.52 Å². The Kier molecular flexibility index (Phi) is 6.28. The molecule has 32 heavy (non-hydrogen) atoms. The summed E-state index contributed by atoms with van der Waals surface area (Å²) in [7, 11) is -3.80. The van der Waals surface area contributed by atoms with Crippen LogP contribution in [0.25, 0.3) is 5.78 Å². The van der Waals surface area contributed by atoms with Crippen molar-refractivity contribution in [2.24, 2.45) is 0 Å². The van der Waals surface area contributed by atoms with Gasteiger partial charge in [0.1, 0.15) is 5.82 Å². The summed E-state index contributed by atoms with van der Waals surface area (Å²) in [5.74, 6) is -1.31. The molecule has 0 aliphatic carbocycles. The number of alkyl halides is 3. The lowest BCUT2D eigenvalue weighted by Crippen LogP contribution is -2.12. The fraction of sp³-hybridized carbons (Fsp3) is 0.105. The van der Waals surface area contributed by atoms with Gasteiger partial charge in [0.25, 0.3) is 21.6 Å². The lowest BCUT2D eigenvalue weighted by Gasteiger charge is -2.11. The highest BCUT2D eigenvalue weighted by molar-refractivity contribution is 7.92. The first kappa shape index (κ1) is 23.3. The van der Waals surface area contributed by atoms with E-state index in [0.29, 0.717) is 17.1 Å². The van der Waals surface area contributed by atoms with Gasteiger partial charge in [-0.25, -0.2) is 13.4 Å². The second-order valence-corrected chi connectivity index (χ2v) is 8.23. The standard InChI is InChI=1S/C19H15F3N6O2S.ClH/c1-12-11-16(28-18(23-12)25-17(26-28)19(20,21)22)24-13-7-9-15(10-8-13)31(29,30)27-14-5-3-2-4-6-14;/h2-11,24,27H,1H3;1H. The van der Waals surface area contributed by atoms with Crippen LogP contribution in [0, 0.1) is 6.92 Å². The van der Waals surface area contributed by atoms with Crippen LogP contribution in [0.5, 0.6) is 0 Å². The van der Waals surface area contributed by atoms with Gasteiger partial charge in [0, 0.05) is 23.1 Å². The van der Waals surface area contributed by atoms with Crippen LogP contribution in [0.4, 0.5) is 30.4 Å². The molecule has 0 radical (unpaired) electrons. The predicted octanol–water partition coefficient (Wildman–Crippen LogP) is 4.42. The zero-order valence-corrected chi connectivity index (χ0v) is 18.0. The lowest BCUT2D eigenvalue weighted by atomic mass is 10.3. The Balaban J connectivity index is 0.00000289. The maximum atomic E-state index is 12.9. The number of fused-ring (bicyclic) bond motifs is 1. The first-order valence-corrected chi connectivity index (χ1v) is 10.4. The molecular weight excluding hydrogens is 469 g/mol. The summed E-state index contributed by atoms with van der Waals surface area (Å²) >= 11 is 0. The highest BCUT2D eigenvalue weighted by Gasteiger charge is 2.36. The van der Waals surface area contributed by atoms with Gasteiger partial charge >= 0.3 is 6.18 Å². The molecule has 2 aromatic carbocycles. The molecule has 2 heterocycles. The van der Waals surface area contributed by atoms with E-state index in [-0.39, 0.29) is 28.9 Å². The Labute approximate surface area is 187 Å². The van der Waals surface area contributed by atoms with Crippen molar-refractivity contribution in [1.29, 1.82) is 0 Å². The molecule has 168 valence electrons. The third-order valence-electron chi connectivity index (χ3n) is 4.16. The van der Waals surface area contributed by atoms with Crippen LogP contribution < -0.4 is 10.0 Å². The Hall–Kier alpha value is -3.38. The fourth-order valence-electron chi connectivity index (χ4n) is 2.78. The van der Waals surface area contributed by atoms with Crippen molar-refractivity contribution < 1.29 is 21.6 Å². The number of sulfonamides is 1. The van der Waals surface area contributed by atoms with E-state index in [1.165, 1.54) is 30.3 Å². The molecule has 0 spiro atoms. The topological polar surface area (TPSA) is 101 Å². The van der Waals surface area contributed by atoms with E-state index in [1.54, 1.807) is 37.3 Å². The summed E-state index contributed by atoms with van der Waals surface area (Å²) in [5, 5.41) is 6.39. The first-order valence-electron chi connectivity index (χ1n) is 8.88. The van der Waals surface area contributed by atoms with Gasteiger partial charge in [0.05, 0.1) is 4.90 Å². The molecule has 0 amide bonds. The molecule has 4 aromatic rings. The van der Waals surface area contributed by atoms with Crippen LogP contribution in [0.3, 0.4) is 0 Å². The molecule has 0 bridgehead atoms. The first-order chi connectivity index (χ1) is 14.6. The largest absolute Gasteiger partial charge is 0.453 e. The number of aryl methyl sites for hydroxylation is 1. The quantitative estimate of drug-likeness (QED) is 0.435. The average molecular weight is 485 g/mol. The minimum absolute atomic E-state index is 0. The molecule has 2 aromatic heterocycles. The third kappa shape index (κ3) is 4.92. The Bertz CT molecular complexity index is 1340. The number of aromatic nitrogens is 4. The summed E-state index contributed by atoms with van der Waals surface area (Å²) in [5.41, 5.74) is 1.29. The highest BCUT2D eigenvalue weighted by Crippen LogP contribution is 2.28. The maximum Gasteiger partial charge on any atom is 0.453 e. The van der Waals surface area contributed by atoms with Crippen molar-refractivity contribution in [2.75, 3.05) is 10.0 Å². The maximum absolute atomic E-state index is 12.9. The van der Waals surface area contributed by atoms with Gasteiger partial charge in [-0.3, -0.25) is 4.72 Å². The van der Waals surface area contributed by atoms with E-state index in [2.05, 4.69) is 25.1 Å². The summed E-state index contributed by atoms with van der Waals surface area (Å²) in [6.07, 6.45) is -4.71. The average Bonchev–Trinajstić information content (AvgIpc) is 3.13. The number of halogens is 4. The molecule has 8 nitrogen and oxygen atoms in total. The van der Waals surface area contributed by atoms with Gasteiger partial charge in [-0.05, 0) is 43.3 Å². The van der Waals surface area contributed by atoms with Crippen LogP contribution in [0.15, 0.2) is 65.6 Å². The number of anilines is 3. The Morgan fingerprint density at radius 3 is 2.22 bits per heavy atom. The number of benzene rings is 2. The third-order valence-corrected chi connectivity index (χ3v) is 5.55. The smallest absolute Gasteiger partial charge is 0.340 e. The Morgan fingerprint density at radius 1 is 0.938 bits per heavy atom. The van der Waals surface area contributed by atoms with Crippen molar-refractivity contribution in [1.82, 2.24) is 19.6 Å². The zero-order chi connectivity index (χ0) is 22.2. The van der Waals surface area contributed by atoms with Crippen molar-refractivity contribution >= 4 is 45.4 Å². The summed E-state index contributed by atoms with van der Waals surface area (Å²) in [6, 6.07) is 15.7. The van der Waals surface area contributed by atoms with Gasteiger partial charge in [-0.15, -0.1) is 17.5 Å². The predicted molar refractivity (Wildman–Crippen MR) is 115 cm³/mol. The van der Waals surface area contributed by atoms with Crippen molar-refractivity contribution in [3.05, 3.63) is 72.2 Å². The molecule has 0 atom stereocenters. The number of hydrogen-bond acceptors (Lipinski definition) is 6. The van der Waals surface area contributed by atoms with Crippen molar-refractivity contribution in [2.45, 2.75) is 18.0 Å². The van der Waals surface area contributed by atoms with E-state index in [9.17, 15) is 21.6 Å². The van der Waals surface area contributed by atoms with Crippen LogP contribution in [-0.2, 0) is 16.2 Å². The van der Waals surface area contributed by atoms with Gasteiger partial charge in [-0.2, -0.15) is 22.7 Å². The Morgan fingerprint density at radius 2 is 1.59 bits per heavy atom. The fourth-order valence-corrected chi connectivity index (χ4v) is 3.84. The number of nitrogens with zero attached hydrogens (tertiary/aromatic N) is 4. The SMILES string of the molecule is Cc1cc(Nc2ccc(S(=O)(=O)Nc3ccccc3)cc2)n2nc(C(F)(F)F)nc2n1.Cl. The summed E-state index contributed by atoms with van der Waals surface area (Å²) in [6.45, 7) is 1.61. The van der Waals surface area contributed by atoms with Gasteiger partial charge < -0.3 is 5.32 Å². The second kappa shape index (κ2) is 8.63. The summed E-state index contributed by atoms with van der Waals surface area (Å²) in [4.78, 5) is 7.41. The van der Waals surface area contributed by atoms with Crippen molar-refractivity contribution in [3.63, 3.8) is 0 Å². The van der Waals surface area contributed by atoms with E-state index >= 15 is 0 Å². The minimum Gasteiger partial charge on any atom is -0.340 e. The molecule has 2 N–H and O–H groups in total. The minimum atomic E-state index is -4.71. The van der Waals surface area contributed by atoms with E-state index < -0.39 is 22.0 Å². The molecule has 0 saturated carbocycles. The number of nitrogens with one attached hydrogen (secondary N) is 2. The van der Waals surface area contributed by atoms with E-state index in [4.69, 9.17) is 0 Å². The lowest BCUT2D eigenvalue weighted by molar-refractivity contribution is -0.144. The summed E-state index contributed by atoms with van der Waals surface area (Å²) < 4.78 is 67.3. The molecule has 0 fully saturated rings. The molecule has 4 rings (SSSR count). The zero-order valence-electron chi connectivity index (χ0n) is 16.3. The van der Waals surface area contributed by atoms with Gasteiger partial charge in [0.2, 0.25) is 0 Å². The highest BCUT2D eigenvalue weighted by atomic mass is 35.5. The van der Waals surface area contributed by atoms with E-state index in [1.807, 2.05) is 0 Å². The van der Waals surface area contributed by atoms with Crippen LogP contribution >= 0.6 is 12.4 Å². The van der Waals surface area contributed by atoms with Crippen LogP contribution in [-0.4, -0.2) is 28.0 Å². The molecule has 0 saturated heterocycles. The molecule has 0 unspecified atom stereocenters. The van der Waals surface area contributed by atoms with Crippen LogP contribution in [0.2, 0.25) is 0 Å². The molecular formula is C19H16ClF3N6O2S. The second-order valence-electron chi connectivity index (χ2n) is 6.55.